The second-order valence-corrected chi connectivity index (χ2v) is 6.88. The minimum Gasteiger partial charge on any atom is -0.460 e. The van der Waals surface area contributed by atoms with Crippen molar-refractivity contribution in [3.63, 3.8) is 0 Å². The van der Waals surface area contributed by atoms with Gasteiger partial charge in [-0.05, 0) is 5.56 Å². The first kappa shape index (κ1) is 19.2. The van der Waals surface area contributed by atoms with E-state index < -0.39 is 0 Å². The molecule has 0 bridgehead atoms. The summed E-state index contributed by atoms with van der Waals surface area (Å²) in [5.74, 6) is -0.211. The summed E-state index contributed by atoms with van der Waals surface area (Å²) in [4.78, 5) is 23.3. The van der Waals surface area contributed by atoms with Gasteiger partial charge in [0.1, 0.15) is 6.61 Å². The summed E-state index contributed by atoms with van der Waals surface area (Å²) < 4.78 is 10.6. The fourth-order valence-electron chi connectivity index (χ4n) is 1.63. The average molecular weight is 382 g/mol. The zero-order chi connectivity index (χ0) is 17.9. The van der Waals surface area contributed by atoms with Crippen LogP contribution < -0.4 is 10.6 Å². The van der Waals surface area contributed by atoms with Gasteiger partial charge in [0.2, 0.25) is 5.13 Å². The number of anilines is 1. The summed E-state index contributed by atoms with van der Waals surface area (Å²) in [6.45, 7) is 1.07. The van der Waals surface area contributed by atoms with Crippen molar-refractivity contribution in [2.75, 3.05) is 31.3 Å². The number of hydrogen-bond acceptors (Lipinski definition) is 8. The van der Waals surface area contributed by atoms with Crippen molar-refractivity contribution in [2.24, 2.45) is 0 Å². The third kappa shape index (κ3) is 7.50. The van der Waals surface area contributed by atoms with Crippen LogP contribution in [0.15, 0.2) is 34.7 Å². The molecule has 1 aromatic carbocycles. The Labute approximate surface area is 153 Å². The van der Waals surface area contributed by atoms with Crippen molar-refractivity contribution in [1.82, 2.24) is 15.5 Å². The molecule has 2 amide bonds. The molecule has 8 nitrogen and oxygen atoms in total. The molecule has 2 aromatic rings. The predicted molar refractivity (Wildman–Crippen MR) is 95.8 cm³/mol. The summed E-state index contributed by atoms with van der Waals surface area (Å²) in [6, 6.07) is 9.08. The van der Waals surface area contributed by atoms with Crippen LogP contribution in [0.4, 0.5) is 9.93 Å². The minimum absolute atomic E-state index is 0.126. The van der Waals surface area contributed by atoms with Crippen LogP contribution >= 0.6 is 23.1 Å². The molecule has 1 heterocycles. The van der Waals surface area contributed by atoms with Crippen molar-refractivity contribution in [2.45, 2.75) is 10.9 Å². The molecular formula is C15H18N4O4S2. The predicted octanol–water partition coefficient (Wildman–Crippen LogP) is 2.14. The summed E-state index contributed by atoms with van der Waals surface area (Å²) in [5, 5.41) is 13.3. The normalized spacial score (nSPS) is 10.3. The topological polar surface area (TPSA) is 102 Å². The summed E-state index contributed by atoms with van der Waals surface area (Å²) in [7, 11) is 1.55. The first-order chi connectivity index (χ1) is 12.2. The highest BCUT2D eigenvalue weighted by molar-refractivity contribution is 8.01. The van der Waals surface area contributed by atoms with Gasteiger partial charge >= 0.3 is 12.0 Å². The molecule has 0 fully saturated rings. The van der Waals surface area contributed by atoms with Gasteiger partial charge in [-0.25, -0.2) is 4.79 Å². The third-order valence-corrected chi connectivity index (χ3v) is 4.72. The second-order valence-electron chi connectivity index (χ2n) is 4.68. The van der Waals surface area contributed by atoms with Gasteiger partial charge in [0.15, 0.2) is 4.34 Å². The molecular weight excluding hydrogens is 364 g/mol. The number of nitrogens with one attached hydrogen (secondary N) is 2. The maximum atomic E-state index is 11.7. The number of hydrogen-bond donors (Lipinski definition) is 2. The van der Waals surface area contributed by atoms with E-state index in [1.54, 1.807) is 7.11 Å². The number of carbonyl (C=O) groups excluding carboxylic acids is 2. The number of thioether (sulfide) groups is 1. The molecule has 0 aliphatic carbocycles. The van der Waals surface area contributed by atoms with E-state index in [0.29, 0.717) is 22.6 Å². The van der Waals surface area contributed by atoms with Gasteiger partial charge in [-0.2, -0.15) is 0 Å². The SMILES string of the molecule is COCCNC(=O)Nc1nnc(SCC(=O)OCc2ccccc2)s1. The van der Waals surface area contributed by atoms with Crippen LogP contribution in [0.25, 0.3) is 0 Å². The van der Waals surface area contributed by atoms with Gasteiger partial charge in [-0.15, -0.1) is 10.2 Å². The van der Waals surface area contributed by atoms with Crippen molar-refractivity contribution in [1.29, 1.82) is 0 Å². The number of urea groups is 1. The fraction of sp³-hybridized carbons (Fsp3) is 0.333. The lowest BCUT2D eigenvalue weighted by Gasteiger charge is -2.03. The molecule has 1 aromatic heterocycles. The Balaban J connectivity index is 1.68. The third-order valence-electron chi connectivity index (χ3n) is 2.77. The molecule has 134 valence electrons. The monoisotopic (exact) mass is 382 g/mol. The first-order valence-electron chi connectivity index (χ1n) is 7.37. The van der Waals surface area contributed by atoms with Crippen LogP contribution in [-0.4, -0.2) is 48.2 Å². The lowest BCUT2D eigenvalue weighted by Crippen LogP contribution is -2.31. The van der Waals surface area contributed by atoms with E-state index in [4.69, 9.17) is 9.47 Å². The summed E-state index contributed by atoms with van der Waals surface area (Å²) in [5.41, 5.74) is 0.933. The summed E-state index contributed by atoms with van der Waals surface area (Å²) >= 11 is 2.40. The Morgan fingerprint density at radius 2 is 2.04 bits per heavy atom. The molecule has 0 saturated carbocycles. The highest BCUT2D eigenvalue weighted by atomic mass is 32.2. The number of amides is 2. The number of rotatable bonds is 9. The smallest absolute Gasteiger partial charge is 0.321 e. The number of esters is 1. The van der Waals surface area contributed by atoms with Crippen LogP contribution in [0, 0.1) is 0 Å². The Morgan fingerprint density at radius 1 is 1.24 bits per heavy atom. The van der Waals surface area contributed by atoms with Crippen LogP contribution in [0.5, 0.6) is 0 Å². The maximum absolute atomic E-state index is 11.7. The molecule has 0 radical (unpaired) electrons. The minimum atomic E-state index is -0.382. The molecule has 2 rings (SSSR count). The molecule has 2 N–H and O–H groups in total. The van der Waals surface area contributed by atoms with Crippen molar-refractivity contribution in [3.05, 3.63) is 35.9 Å². The van der Waals surface area contributed by atoms with Crippen molar-refractivity contribution in [3.8, 4) is 0 Å². The van der Waals surface area contributed by atoms with Gasteiger partial charge < -0.3 is 14.8 Å². The molecule has 0 spiro atoms. The second kappa shape index (κ2) is 10.6. The average Bonchev–Trinajstić information content (AvgIpc) is 3.06. The quantitative estimate of drug-likeness (QED) is 0.296. The highest BCUT2D eigenvalue weighted by Gasteiger charge is 2.11. The number of carbonyl (C=O) groups is 2. The lowest BCUT2D eigenvalue weighted by molar-refractivity contribution is -0.141. The Kier molecular flexibility index (Phi) is 8.16. The zero-order valence-corrected chi connectivity index (χ0v) is 15.2. The van der Waals surface area contributed by atoms with Crippen molar-refractivity contribution >= 4 is 40.2 Å². The Bertz CT molecular complexity index is 681. The van der Waals surface area contributed by atoms with E-state index >= 15 is 0 Å². The van der Waals surface area contributed by atoms with Crippen LogP contribution in [-0.2, 0) is 20.9 Å². The Morgan fingerprint density at radius 3 is 2.80 bits per heavy atom. The lowest BCUT2D eigenvalue weighted by atomic mass is 10.2. The number of benzene rings is 1. The van der Waals surface area contributed by atoms with E-state index in [0.717, 1.165) is 5.56 Å². The van der Waals surface area contributed by atoms with Crippen LogP contribution in [0.2, 0.25) is 0 Å². The van der Waals surface area contributed by atoms with Gasteiger partial charge in [0, 0.05) is 13.7 Å². The molecule has 0 unspecified atom stereocenters. The van der Waals surface area contributed by atoms with Gasteiger partial charge in [-0.3, -0.25) is 10.1 Å². The highest BCUT2D eigenvalue weighted by Crippen LogP contribution is 2.25. The van der Waals surface area contributed by atoms with Crippen LogP contribution in [0.1, 0.15) is 5.56 Å². The largest absolute Gasteiger partial charge is 0.460 e. The molecule has 0 saturated heterocycles. The van der Waals surface area contributed by atoms with E-state index in [9.17, 15) is 9.59 Å². The molecule has 10 heteroatoms. The maximum Gasteiger partial charge on any atom is 0.321 e. The van der Waals surface area contributed by atoms with E-state index in [2.05, 4.69) is 20.8 Å². The molecule has 0 aliphatic heterocycles. The fourth-order valence-corrected chi connectivity index (χ4v) is 3.17. The van der Waals surface area contributed by atoms with Crippen LogP contribution in [0.3, 0.4) is 0 Å². The summed E-state index contributed by atoms with van der Waals surface area (Å²) in [6.07, 6.45) is 0. The number of methoxy groups -OCH3 is 1. The van der Waals surface area contributed by atoms with Crippen molar-refractivity contribution < 1.29 is 19.1 Å². The molecule has 0 atom stereocenters. The first-order valence-corrected chi connectivity index (χ1v) is 9.17. The standard InChI is InChI=1S/C15H18N4O4S2/c1-22-8-7-16-13(21)17-14-18-19-15(25-14)24-10-12(20)23-9-11-5-3-2-4-6-11/h2-6H,7-10H2,1H3,(H2,16,17,18,21). The molecule has 0 aliphatic rings. The Hall–Kier alpha value is -2.17. The van der Waals surface area contributed by atoms with Gasteiger partial charge in [0.05, 0.1) is 12.4 Å². The molecule has 25 heavy (non-hydrogen) atoms. The van der Waals surface area contributed by atoms with Gasteiger partial charge in [0.25, 0.3) is 0 Å². The van der Waals surface area contributed by atoms with E-state index in [1.807, 2.05) is 30.3 Å². The van der Waals surface area contributed by atoms with E-state index in [-0.39, 0.29) is 24.4 Å². The number of nitrogens with zero attached hydrogens (tertiary/aromatic N) is 2. The van der Waals surface area contributed by atoms with E-state index in [1.165, 1.54) is 23.1 Å². The zero-order valence-electron chi connectivity index (χ0n) is 13.6. The number of aromatic nitrogens is 2. The number of ether oxygens (including phenoxy) is 2. The van der Waals surface area contributed by atoms with Gasteiger partial charge in [-0.1, -0.05) is 53.4 Å².